The molecular formula is C11H23N3O2. The van der Waals surface area contributed by atoms with E-state index in [4.69, 9.17) is 0 Å². The molecule has 16 heavy (non-hydrogen) atoms. The molecule has 0 aromatic rings. The van der Waals surface area contributed by atoms with Crippen LogP contribution in [0.3, 0.4) is 0 Å². The number of amides is 2. The molecule has 1 unspecified atom stereocenters. The van der Waals surface area contributed by atoms with E-state index in [9.17, 15) is 9.59 Å². The maximum atomic E-state index is 11.3. The molecular weight excluding hydrogens is 206 g/mol. The summed E-state index contributed by atoms with van der Waals surface area (Å²) in [5.41, 5.74) is 0. The molecule has 0 fully saturated rings. The molecule has 0 aromatic carbocycles. The van der Waals surface area contributed by atoms with Crippen LogP contribution in [-0.4, -0.2) is 49.9 Å². The molecule has 5 nitrogen and oxygen atoms in total. The summed E-state index contributed by atoms with van der Waals surface area (Å²) in [5.74, 6) is 0.119. The van der Waals surface area contributed by atoms with Crippen LogP contribution in [0.2, 0.25) is 0 Å². The van der Waals surface area contributed by atoms with Crippen molar-refractivity contribution in [1.29, 1.82) is 0 Å². The Kier molecular flexibility index (Phi) is 7.54. The summed E-state index contributed by atoms with van der Waals surface area (Å²) in [6, 6.07) is -0.200. The fourth-order valence-corrected chi connectivity index (χ4v) is 1.20. The molecule has 2 amide bonds. The van der Waals surface area contributed by atoms with Crippen molar-refractivity contribution >= 4 is 11.8 Å². The molecule has 0 radical (unpaired) electrons. The Morgan fingerprint density at radius 2 is 1.94 bits per heavy atom. The summed E-state index contributed by atoms with van der Waals surface area (Å²) >= 11 is 0. The lowest BCUT2D eigenvalue weighted by Crippen LogP contribution is -2.42. The van der Waals surface area contributed by atoms with Crippen LogP contribution in [0, 0.1) is 0 Å². The van der Waals surface area contributed by atoms with E-state index in [-0.39, 0.29) is 17.9 Å². The number of nitrogens with one attached hydrogen (secondary N) is 2. The third kappa shape index (κ3) is 6.40. The number of hydrogen-bond donors (Lipinski definition) is 2. The highest BCUT2D eigenvalue weighted by Gasteiger charge is 2.10. The molecule has 0 saturated heterocycles. The van der Waals surface area contributed by atoms with Gasteiger partial charge in [-0.3, -0.25) is 9.59 Å². The van der Waals surface area contributed by atoms with Crippen LogP contribution in [0.4, 0.5) is 0 Å². The molecule has 1 atom stereocenters. The second-order valence-electron chi connectivity index (χ2n) is 3.96. The quantitative estimate of drug-likeness (QED) is 0.603. The second-order valence-corrected chi connectivity index (χ2v) is 3.96. The maximum absolute atomic E-state index is 11.3. The van der Waals surface area contributed by atoms with Gasteiger partial charge in [0.05, 0.1) is 6.04 Å². The summed E-state index contributed by atoms with van der Waals surface area (Å²) in [6.07, 6.45) is 1.27. The first-order chi connectivity index (χ1) is 7.49. The molecule has 94 valence electrons. The molecule has 0 aliphatic heterocycles. The van der Waals surface area contributed by atoms with E-state index >= 15 is 0 Å². The number of hydrogen-bond acceptors (Lipinski definition) is 3. The van der Waals surface area contributed by atoms with Crippen LogP contribution in [0.25, 0.3) is 0 Å². The fraction of sp³-hybridized carbons (Fsp3) is 0.818. The van der Waals surface area contributed by atoms with Gasteiger partial charge in [-0.1, -0.05) is 0 Å². The van der Waals surface area contributed by atoms with E-state index in [0.29, 0.717) is 19.5 Å². The normalized spacial score (nSPS) is 12.0. The van der Waals surface area contributed by atoms with Crippen molar-refractivity contribution < 1.29 is 9.59 Å². The third-order valence-corrected chi connectivity index (χ3v) is 2.26. The van der Waals surface area contributed by atoms with Crippen LogP contribution in [0.15, 0.2) is 0 Å². The van der Waals surface area contributed by atoms with Crippen LogP contribution in [-0.2, 0) is 9.59 Å². The zero-order chi connectivity index (χ0) is 12.6. The van der Waals surface area contributed by atoms with Crippen molar-refractivity contribution in [3.05, 3.63) is 0 Å². The number of nitrogens with zero attached hydrogens (tertiary/aromatic N) is 1. The first-order valence-corrected chi connectivity index (χ1v) is 5.70. The average molecular weight is 229 g/mol. The summed E-state index contributed by atoms with van der Waals surface area (Å²) in [5, 5.41) is 5.82. The Bertz CT molecular complexity index is 229. The van der Waals surface area contributed by atoms with Gasteiger partial charge in [0.2, 0.25) is 11.8 Å². The highest BCUT2D eigenvalue weighted by molar-refractivity contribution is 5.81. The Balaban J connectivity index is 3.58. The van der Waals surface area contributed by atoms with E-state index in [0.717, 1.165) is 6.42 Å². The van der Waals surface area contributed by atoms with Gasteiger partial charge in [0, 0.05) is 27.1 Å². The van der Waals surface area contributed by atoms with Crippen molar-refractivity contribution in [2.45, 2.75) is 32.7 Å². The molecule has 0 rings (SSSR count). The van der Waals surface area contributed by atoms with E-state index in [2.05, 4.69) is 10.6 Å². The Labute approximate surface area is 97.6 Å². The smallest absolute Gasteiger partial charge is 0.236 e. The lowest BCUT2D eigenvalue weighted by Gasteiger charge is -2.14. The molecule has 0 aromatic heterocycles. The molecule has 0 heterocycles. The highest BCUT2D eigenvalue weighted by Crippen LogP contribution is 1.93. The molecule has 0 bridgehead atoms. The third-order valence-electron chi connectivity index (χ3n) is 2.26. The molecule has 5 heteroatoms. The zero-order valence-electron chi connectivity index (χ0n) is 10.7. The molecule has 0 aliphatic rings. The number of carbonyl (C=O) groups excluding carboxylic acids is 2. The number of likely N-dealkylation sites (N-methyl/N-ethyl adjacent to an activating group) is 1. The largest absolute Gasteiger partial charge is 0.355 e. The topological polar surface area (TPSA) is 61.4 Å². The monoisotopic (exact) mass is 229 g/mol. The Morgan fingerprint density at radius 3 is 2.44 bits per heavy atom. The van der Waals surface area contributed by atoms with Gasteiger partial charge in [-0.25, -0.2) is 0 Å². The van der Waals surface area contributed by atoms with Gasteiger partial charge in [0.1, 0.15) is 0 Å². The summed E-state index contributed by atoms with van der Waals surface area (Å²) in [7, 11) is 3.49. The minimum Gasteiger partial charge on any atom is -0.355 e. The van der Waals surface area contributed by atoms with Gasteiger partial charge in [-0.05, 0) is 26.8 Å². The number of carbonyl (C=O) groups is 2. The standard InChI is InChI=1S/C11H23N3O2/c1-5-12-11(16)9(2)13-8-6-7-10(15)14(3)4/h9,13H,5-8H2,1-4H3,(H,12,16). The minimum absolute atomic E-state index is 0.00133. The predicted molar refractivity (Wildman–Crippen MR) is 64.1 cm³/mol. The number of rotatable bonds is 7. The van der Waals surface area contributed by atoms with Crippen molar-refractivity contribution in [1.82, 2.24) is 15.5 Å². The van der Waals surface area contributed by atoms with E-state index in [1.54, 1.807) is 19.0 Å². The Hall–Kier alpha value is -1.10. The van der Waals surface area contributed by atoms with Gasteiger partial charge < -0.3 is 15.5 Å². The molecule has 0 saturated carbocycles. The molecule has 0 spiro atoms. The summed E-state index contributed by atoms with van der Waals surface area (Å²) in [6.45, 7) is 5.03. The molecule has 2 N–H and O–H groups in total. The van der Waals surface area contributed by atoms with Crippen molar-refractivity contribution in [2.24, 2.45) is 0 Å². The van der Waals surface area contributed by atoms with Crippen molar-refractivity contribution in [3.63, 3.8) is 0 Å². The van der Waals surface area contributed by atoms with Crippen LogP contribution >= 0.6 is 0 Å². The van der Waals surface area contributed by atoms with E-state index in [1.807, 2.05) is 13.8 Å². The van der Waals surface area contributed by atoms with E-state index in [1.165, 1.54) is 0 Å². The lowest BCUT2D eigenvalue weighted by atomic mass is 10.2. The first kappa shape index (κ1) is 14.9. The van der Waals surface area contributed by atoms with Gasteiger partial charge in [0.15, 0.2) is 0 Å². The zero-order valence-corrected chi connectivity index (χ0v) is 10.7. The Morgan fingerprint density at radius 1 is 1.31 bits per heavy atom. The first-order valence-electron chi connectivity index (χ1n) is 5.70. The van der Waals surface area contributed by atoms with Gasteiger partial charge in [-0.2, -0.15) is 0 Å². The second kappa shape index (κ2) is 8.10. The summed E-state index contributed by atoms with van der Waals surface area (Å²) < 4.78 is 0. The van der Waals surface area contributed by atoms with Crippen molar-refractivity contribution in [3.8, 4) is 0 Å². The minimum atomic E-state index is -0.200. The van der Waals surface area contributed by atoms with Crippen molar-refractivity contribution in [2.75, 3.05) is 27.2 Å². The predicted octanol–water partition coefficient (Wildman–Crippen LogP) is -0.0310. The van der Waals surface area contributed by atoms with Gasteiger partial charge in [0.25, 0.3) is 0 Å². The van der Waals surface area contributed by atoms with Crippen LogP contribution in [0.1, 0.15) is 26.7 Å². The molecule has 0 aliphatic carbocycles. The lowest BCUT2D eigenvalue weighted by molar-refractivity contribution is -0.128. The summed E-state index contributed by atoms with van der Waals surface area (Å²) in [4.78, 5) is 24.1. The average Bonchev–Trinajstić information content (AvgIpc) is 2.23. The van der Waals surface area contributed by atoms with Crippen LogP contribution < -0.4 is 10.6 Å². The maximum Gasteiger partial charge on any atom is 0.236 e. The van der Waals surface area contributed by atoms with E-state index < -0.39 is 0 Å². The van der Waals surface area contributed by atoms with Crippen LogP contribution in [0.5, 0.6) is 0 Å². The van der Waals surface area contributed by atoms with Gasteiger partial charge in [-0.15, -0.1) is 0 Å². The van der Waals surface area contributed by atoms with Gasteiger partial charge >= 0.3 is 0 Å². The fourth-order valence-electron chi connectivity index (χ4n) is 1.20. The highest BCUT2D eigenvalue weighted by atomic mass is 16.2. The SMILES string of the molecule is CCNC(=O)C(C)NCCCC(=O)N(C)C.